The van der Waals surface area contributed by atoms with Crippen LogP contribution in [0.3, 0.4) is 0 Å². The monoisotopic (exact) mass is 448 g/mol. The van der Waals surface area contributed by atoms with E-state index in [1.165, 1.54) is 5.56 Å². The van der Waals surface area contributed by atoms with E-state index < -0.39 is 0 Å². The molecule has 0 radical (unpaired) electrons. The zero-order chi connectivity index (χ0) is 19.2. The molecule has 1 aliphatic heterocycles. The van der Waals surface area contributed by atoms with E-state index in [-0.39, 0.29) is 0 Å². The summed E-state index contributed by atoms with van der Waals surface area (Å²) < 4.78 is 12.1. The van der Waals surface area contributed by atoms with E-state index in [0.29, 0.717) is 12.4 Å². The molecule has 1 fully saturated rings. The minimum Gasteiger partial charge on any atom is -0.493 e. The highest BCUT2D eigenvalue weighted by Crippen LogP contribution is 2.34. The van der Waals surface area contributed by atoms with Crippen LogP contribution < -0.4 is 9.47 Å². The normalized spacial score (nSPS) is 14.9. The summed E-state index contributed by atoms with van der Waals surface area (Å²) in [5.41, 5.74) is 2.33. The Kier molecular flexibility index (Phi) is 7.10. The first-order valence-electron chi connectivity index (χ1n) is 9.18. The summed E-state index contributed by atoms with van der Waals surface area (Å²) in [5.74, 6) is 1.44. The predicted octanol–water partition coefficient (Wildman–Crippen LogP) is 4.35. The molecule has 0 saturated carbocycles. The van der Waals surface area contributed by atoms with Crippen LogP contribution in [0.2, 0.25) is 0 Å². The number of benzene rings is 2. The number of halogens is 1. The van der Waals surface area contributed by atoms with Gasteiger partial charge in [0.1, 0.15) is 4.99 Å². The average molecular weight is 449 g/mol. The van der Waals surface area contributed by atoms with E-state index in [4.69, 9.17) is 21.7 Å². The van der Waals surface area contributed by atoms with E-state index in [0.717, 1.165) is 53.5 Å². The van der Waals surface area contributed by atoms with Gasteiger partial charge in [0.05, 0.1) is 13.7 Å². The van der Waals surface area contributed by atoms with Crippen LogP contribution in [-0.4, -0.2) is 54.7 Å². The summed E-state index contributed by atoms with van der Waals surface area (Å²) in [6, 6.07) is 14.5. The SMILES string of the molecule is CCOc1cc(Br)c(C(=S)N2CCN(Cc3ccccc3)CC2)cc1OC. The van der Waals surface area contributed by atoms with Crippen molar-refractivity contribution in [2.45, 2.75) is 13.5 Å². The van der Waals surface area contributed by atoms with Crippen LogP contribution in [0.25, 0.3) is 0 Å². The van der Waals surface area contributed by atoms with E-state index in [9.17, 15) is 0 Å². The number of methoxy groups -OCH3 is 1. The molecule has 2 aromatic carbocycles. The number of hydrogen-bond acceptors (Lipinski definition) is 4. The van der Waals surface area contributed by atoms with Gasteiger partial charge in [0.25, 0.3) is 0 Å². The second-order valence-corrected chi connectivity index (χ2v) is 7.71. The first-order valence-corrected chi connectivity index (χ1v) is 10.4. The molecule has 0 amide bonds. The lowest BCUT2D eigenvalue weighted by atomic mass is 10.1. The van der Waals surface area contributed by atoms with Gasteiger partial charge in [-0.15, -0.1) is 0 Å². The Bertz CT molecular complexity index is 777. The molecule has 27 heavy (non-hydrogen) atoms. The lowest BCUT2D eigenvalue weighted by molar-refractivity contribution is 0.177. The molecule has 0 aromatic heterocycles. The van der Waals surface area contributed by atoms with Gasteiger partial charge in [-0.1, -0.05) is 42.5 Å². The molecule has 4 nitrogen and oxygen atoms in total. The summed E-state index contributed by atoms with van der Waals surface area (Å²) in [4.78, 5) is 5.60. The van der Waals surface area contributed by atoms with Crippen LogP contribution in [-0.2, 0) is 6.54 Å². The molecule has 6 heteroatoms. The molecule has 0 aliphatic carbocycles. The van der Waals surface area contributed by atoms with Gasteiger partial charge in [-0.05, 0) is 40.5 Å². The maximum Gasteiger partial charge on any atom is 0.162 e. The Balaban J connectivity index is 1.65. The van der Waals surface area contributed by atoms with Crippen LogP contribution in [0.5, 0.6) is 11.5 Å². The number of thiocarbonyl (C=S) groups is 1. The lowest BCUT2D eigenvalue weighted by Crippen LogP contribution is -2.48. The van der Waals surface area contributed by atoms with Crippen LogP contribution in [0.4, 0.5) is 0 Å². The van der Waals surface area contributed by atoms with E-state index in [2.05, 4.69) is 56.1 Å². The minimum atomic E-state index is 0.593. The highest BCUT2D eigenvalue weighted by Gasteiger charge is 2.22. The summed E-state index contributed by atoms with van der Waals surface area (Å²) in [6.07, 6.45) is 0. The van der Waals surface area contributed by atoms with Crippen molar-refractivity contribution in [2.24, 2.45) is 0 Å². The molecule has 0 spiro atoms. The Morgan fingerprint density at radius 3 is 2.41 bits per heavy atom. The van der Waals surface area contributed by atoms with E-state index in [1.807, 2.05) is 19.1 Å². The van der Waals surface area contributed by atoms with Crippen molar-refractivity contribution in [3.05, 3.63) is 58.1 Å². The van der Waals surface area contributed by atoms with Crippen molar-refractivity contribution in [3.8, 4) is 11.5 Å². The van der Waals surface area contributed by atoms with Gasteiger partial charge in [-0.3, -0.25) is 4.90 Å². The zero-order valence-electron chi connectivity index (χ0n) is 15.8. The van der Waals surface area contributed by atoms with E-state index in [1.54, 1.807) is 7.11 Å². The number of nitrogens with zero attached hydrogens (tertiary/aromatic N) is 2. The van der Waals surface area contributed by atoms with Crippen molar-refractivity contribution >= 4 is 33.1 Å². The molecule has 0 bridgehead atoms. The van der Waals surface area contributed by atoms with Crippen LogP contribution in [0.15, 0.2) is 46.9 Å². The third-order valence-electron chi connectivity index (χ3n) is 4.69. The second kappa shape index (κ2) is 9.53. The summed E-state index contributed by atoms with van der Waals surface area (Å²) >= 11 is 9.44. The smallest absolute Gasteiger partial charge is 0.162 e. The topological polar surface area (TPSA) is 24.9 Å². The average Bonchev–Trinajstić information content (AvgIpc) is 2.69. The van der Waals surface area contributed by atoms with Crippen molar-refractivity contribution in [1.29, 1.82) is 0 Å². The van der Waals surface area contributed by atoms with Gasteiger partial charge in [-0.25, -0.2) is 0 Å². The number of rotatable bonds is 6. The van der Waals surface area contributed by atoms with Crippen LogP contribution in [0, 0.1) is 0 Å². The Morgan fingerprint density at radius 1 is 1.07 bits per heavy atom. The molecule has 1 aliphatic rings. The van der Waals surface area contributed by atoms with Gasteiger partial charge in [0.2, 0.25) is 0 Å². The number of piperazine rings is 1. The maximum absolute atomic E-state index is 5.79. The Morgan fingerprint density at radius 2 is 1.78 bits per heavy atom. The van der Waals surface area contributed by atoms with Gasteiger partial charge in [0.15, 0.2) is 11.5 Å². The van der Waals surface area contributed by atoms with Gasteiger partial charge in [0, 0.05) is 42.8 Å². The maximum atomic E-state index is 5.79. The fraction of sp³-hybridized carbons (Fsp3) is 0.381. The number of hydrogen-bond donors (Lipinski definition) is 0. The molecule has 2 aromatic rings. The van der Waals surface area contributed by atoms with Gasteiger partial charge < -0.3 is 14.4 Å². The Hall–Kier alpha value is -1.63. The molecule has 1 saturated heterocycles. The zero-order valence-corrected chi connectivity index (χ0v) is 18.2. The van der Waals surface area contributed by atoms with Crippen molar-refractivity contribution < 1.29 is 9.47 Å². The fourth-order valence-electron chi connectivity index (χ4n) is 3.25. The third-order valence-corrected chi connectivity index (χ3v) is 5.83. The largest absolute Gasteiger partial charge is 0.493 e. The van der Waals surface area contributed by atoms with Gasteiger partial charge in [-0.2, -0.15) is 0 Å². The molecule has 0 atom stereocenters. The molecular weight excluding hydrogens is 424 g/mol. The quantitative estimate of drug-likeness (QED) is 0.611. The first kappa shape index (κ1) is 20.1. The van der Waals surface area contributed by atoms with Crippen molar-refractivity contribution in [2.75, 3.05) is 39.9 Å². The summed E-state index contributed by atoms with van der Waals surface area (Å²) in [5, 5.41) is 0. The molecule has 0 unspecified atom stereocenters. The molecular formula is C21H25BrN2O2S. The summed E-state index contributed by atoms with van der Waals surface area (Å²) in [7, 11) is 1.65. The highest BCUT2D eigenvalue weighted by molar-refractivity contribution is 9.10. The number of ether oxygens (including phenoxy) is 2. The predicted molar refractivity (Wildman–Crippen MR) is 117 cm³/mol. The standard InChI is InChI=1S/C21H25BrN2O2S/c1-3-26-20-14-18(22)17(13-19(20)25-2)21(27)24-11-9-23(10-12-24)15-16-7-5-4-6-8-16/h4-8,13-14H,3,9-12,15H2,1-2H3. The summed E-state index contributed by atoms with van der Waals surface area (Å²) in [6.45, 7) is 7.39. The molecule has 3 rings (SSSR count). The van der Waals surface area contributed by atoms with Gasteiger partial charge >= 0.3 is 0 Å². The minimum absolute atomic E-state index is 0.593. The van der Waals surface area contributed by atoms with Crippen molar-refractivity contribution in [1.82, 2.24) is 9.80 Å². The highest BCUT2D eigenvalue weighted by atomic mass is 79.9. The van der Waals surface area contributed by atoms with Crippen LogP contribution >= 0.6 is 28.1 Å². The Labute approximate surface area is 175 Å². The molecule has 0 N–H and O–H groups in total. The molecule has 1 heterocycles. The third kappa shape index (κ3) is 5.00. The first-order chi connectivity index (χ1) is 13.1. The van der Waals surface area contributed by atoms with E-state index >= 15 is 0 Å². The van der Waals surface area contributed by atoms with Crippen molar-refractivity contribution in [3.63, 3.8) is 0 Å². The second-order valence-electron chi connectivity index (χ2n) is 6.47. The lowest BCUT2D eigenvalue weighted by Gasteiger charge is -2.36. The molecule has 144 valence electrons. The van der Waals surface area contributed by atoms with Crippen LogP contribution in [0.1, 0.15) is 18.1 Å². The fourth-order valence-corrected chi connectivity index (χ4v) is 4.24.